The molecule has 1 aliphatic heterocycles. The molecule has 7 nitrogen and oxygen atoms in total. The van der Waals surface area contributed by atoms with E-state index in [1.54, 1.807) is 6.07 Å². The van der Waals surface area contributed by atoms with Gasteiger partial charge in [-0.15, -0.1) is 24.0 Å². The van der Waals surface area contributed by atoms with Gasteiger partial charge in [0.2, 0.25) is 5.91 Å². The fourth-order valence-corrected chi connectivity index (χ4v) is 3.62. The molecule has 2 aromatic carbocycles. The van der Waals surface area contributed by atoms with Crippen LogP contribution in [0.3, 0.4) is 0 Å². The highest BCUT2D eigenvalue weighted by atomic mass is 127. The number of benzene rings is 2. The van der Waals surface area contributed by atoms with E-state index in [9.17, 15) is 9.59 Å². The lowest BCUT2D eigenvalue weighted by Gasteiger charge is -2.18. The summed E-state index contributed by atoms with van der Waals surface area (Å²) in [4.78, 5) is 30.9. The standard InChI is InChI=1S/C25H32N4O3.HI/c1-3-23(30)29-14-13-22(17-29)28-25(26-4-2)27-16-20-11-8-12-21(15-20)24(31)32-18-19-9-6-5-7-10-19;/h5-12,15,22H,3-4,13-14,16-18H2,1-2H3,(H2,26,27,28);1H. The van der Waals surface area contributed by atoms with E-state index >= 15 is 0 Å². The molecule has 1 aliphatic rings. The van der Waals surface area contributed by atoms with Gasteiger partial charge in [-0.05, 0) is 36.6 Å². The molecule has 0 spiro atoms. The molecule has 1 unspecified atom stereocenters. The van der Waals surface area contributed by atoms with Crippen LogP contribution in [0.1, 0.15) is 48.2 Å². The number of rotatable bonds is 8. The van der Waals surface area contributed by atoms with Gasteiger partial charge in [0.05, 0.1) is 12.1 Å². The molecule has 1 atom stereocenters. The van der Waals surface area contributed by atoms with Gasteiger partial charge in [0.1, 0.15) is 6.61 Å². The quantitative estimate of drug-likeness (QED) is 0.221. The maximum absolute atomic E-state index is 12.4. The van der Waals surface area contributed by atoms with E-state index in [1.165, 1.54) is 0 Å². The van der Waals surface area contributed by atoms with Crippen LogP contribution in [-0.2, 0) is 22.7 Å². The minimum atomic E-state index is -0.351. The van der Waals surface area contributed by atoms with Crippen LogP contribution in [0.4, 0.5) is 0 Å². The number of ether oxygens (including phenoxy) is 1. The average molecular weight is 564 g/mol. The third kappa shape index (κ3) is 8.34. The summed E-state index contributed by atoms with van der Waals surface area (Å²) < 4.78 is 5.43. The number of likely N-dealkylation sites (tertiary alicyclic amines) is 1. The van der Waals surface area contributed by atoms with Crippen molar-refractivity contribution in [3.63, 3.8) is 0 Å². The Hall–Kier alpha value is -2.62. The number of amides is 1. The molecule has 1 amide bonds. The van der Waals surface area contributed by atoms with Crippen LogP contribution in [-0.4, -0.2) is 48.4 Å². The second kappa shape index (κ2) is 13.8. The molecule has 178 valence electrons. The van der Waals surface area contributed by atoms with E-state index in [4.69, 9.17) is 4.74 Å². The zero-order valence-corrected chi connectivity index (χ0v) is 21.6. The number of esters is 1. The lowest BCUT2D eigenvalue weighted by molar-refractivity contribution is -0.129. The smallest absolute Gasteiger partial charge is 0.338 e. The first-order valence-corrected chi connectivity index (χ1v) is 11.2. The second-order valence-corrected chi connectivity index (χ2v) is 7.78. The molecule has 2 N–H and O–H groups in total. The number of nitrogens with zero attached hydrogens (tertiary/aromatic N) is 2. The number of guanidine groups is 1. The normalized spacial score (nSPS) is 15.5. The predicted molar refractivity (Wildman–Crippen MR) is 141 cm³/mol. The van der Waals surface area contributed by atoms with Crippen molar-refractivity contribution in [2.75, 3.05) is 19.6 Å². The van der Waals surface area contributed by atoms with Gasteiger partial charge in [-0.3, -0.25) is 4.79 Å². The highest BCUT2D eigenvalue weighted by molar-refractivity contribution is 14.0. The van der Waals surface area contributed by atoms with Crippen molar-refractivity contribution in [3.8, 4) is 0 Å². The van der Waals surface area contributed by atoms with Crippen LogP contribution >= 0.6 is 24.0 Å². The molecule has 1 fully saturated rings. The number of aliphatic imine (C=N–C) groups is 1. The van der Waals surface area contributed by atoms with Crippen molar-refractivity contribution in [3.05, 3.63) is 71.3 Å². The van der Waals surface area contributed by atoms with Crippen molar-refractivity contribution in [2.24, 2.45) is 4.99 Å². The van der Waals surface area contributed by atoms with E-state index in [0.29, 0.717) is 31.0 Å². The Bertz CT molecular complexity index is 936. The van der Waals surface area contributed by atoms with Crippen LogP contribution in [0.15, 0.2) is 59.6 Å². The highest BCUT2D eigenvalue weighted by Crippen LogP contribution is 2.12. The fourth-order valence-electron chi connectivity index (χ4n) is 3.62. The number of carbonyl (C=O) groups is 2. The largest absolute Gasteiger partial charge is 0.457 e. The molecule has 8 heteroatoms. The molecule has 0 radical (unpaired) electrons. The Morgan fingerprint density at radius 3 is 2.58 bits per heavy atom. The summed E-state index contributed by atoms with van der Waals surface area (Å²) in [5, 5.41) is 6.68. The zero-order valence-electron chi connectivity index (χ0n) is 19.3. The number of carbonyl (C=O) groups excluding carboxylic acids is 2. The van der Waals surface area contributed by atoms with Crippen molar-refractivity contribution in [1.29, 1.82) is 0 Å². The SMILES string of the molecule is CCNC(=NCc1cccc(C(=O)OCc2ccccc2)c1)NC1CCN(C(=O)CC)C1.I. The van der Waals surface area contributed by atoms with Gasteiger partial charge in [0.25, 0.3) is 0 Å². The molecule has 33 heavy (non-hydrogen) atoms. The number of hydrogen-bond donors (Lipinski definition) is 2. The van der Waals surface area contributed by atoms with E-state index in [2.05, 4.69) is 15.6 Å². The Morgan fingerprint density at radius 1 is 1.09 bits per heavy atom. The first-order chi connectivity index (χ1) is 15.6. The minimum absolute atomic E-state index is 0. The topological polar surface area (TPSA) is 83.0 Å². The van der Waals surface area contributed by atoms with E-state index in [1.807, 2.05) is 67.3 Å². The summed E-state index contributed by atoms with van der Waals surface area (Å²) in [6.45, 7) is 6.79. The van der Waals surface area contributed by atoms with Gasteiger partial charge >= 0.3 is 5.97 Å². The molecule has 0 aliphatic carbocycles. The first-order valence-electron chi connectivity index (χ1n) is 11.2. The minimum Gasteiger partial charge on any atom is -0.457 e. The first kappa shape index (κ1) is 26.6. The molecule has 1 saturated heterocycles. The molecule has 3 rings (SSSR count). The summed E-state index contributed by atoms with van der Waals surface area (Å²) in [6.07, 6.45) is 1.43. The summed E-state index contributed by atoms with van der Waals surface area (Å²) in [6, 6.07) is 17.2. The monoisotopic (exact) mass is 564 g/mol. The van der Waals surface area contributed by atoms with Crippen molar-refractivity contribution < 1.29 is 14.3 Å². The van der Waals surface area contributed by atoms with Crippen LogP contribution < -0.4 is 10.6 Å². The van der Waals surface area contributed by atoms with Crippen LogP contribution in [0, 0.1) is 0 Å². The van der Waals surface area contributed by atoms with Crippen molar-refractivity contribution in [2.45, 2.75) is 45.9 Å². The van der Waals surface area contributed by atoms with Crippen molar-refractivity contribution >= 4 is 41.8 Å². The molecule has 0 saturated carbocycles. The molecule has 1 heterocycles. The van der Waals surface area contributed by atoms with E-state index in [-0.39, 0.29) is 48.5 Å². The summed E-state index contributed by atoms with van der Waals surface area (Å²) in [5.74, 6) is 0.545. The predicted octanol–water partition coefficient (Wildman–Crippen LogP) is 3.73. The summed E-state index contributed by atoms with van der Waals surface area (Å²) in [7, 11) is 0. The third-order valence-electron chi connectivity index (χ3n) is 5.32. The lowest BCUT2D eigenvalue weighted by Crippen LogP contribution is -2.45. The van der Waals surface area contributed by atoms with Gasteiger partial charge in [-0.2, -0.15) is 0 Å². The lowest BCUT2D eigenvalue weighted by atomic mass is 10.1. The second-order valence-electron chi connectivity index (χ2n) is 7.78. The Morgan fingerprint density at radius 2 is 1.85 bits per heavy atom. The maximum Gasteiger partial charge on any atom is 0.338 e. The van der Waals surface area contributed by atoms with Gasteiger partial charge in [-0.25, -0.2) is 9.79 Å². The van der Waals surface area contributed by atoms with Crippen molar-refractivity contribution in [1.82, 2.24) is 15.5 Å². The number of halogens is 1. The Kier molecular flexibility index (Phi) is 11.2. The molecule has 0 bridgehead atoms. The van der Waals surface area contributed by atoms with Gasteiger partial charge in [0, 0.05) is 32.1 Å². The van der Waals surface area contributed by atoms with E-state index in [0.717, 1.165) is 30.6 Å². The fraction of sp³-hybridized carbons (Fsp3) is 0.400. The van der Waals surface area contributed by atoms with Crippen LogP contribution in [0.5, 0.6) is 0 Å². The van der Waals surface area contributed by atoms with E-state index < -0.39 is 0 Å². The zero-order chi connectivity index (χ0) is 22.8. The van der Waals surface area contributed by atoms with Gasteiger partial charge in [-0.1, -0.05) is 49.4 Å². The number of hydrogen-bond acceptors (Lipinski definition) is 4. The Balaban J connectivity index is 0.00000385. The van der Waals surface area contributed by atoms with Gasteiger partial charge in [0.15, 0.2) is 5.96 Å². The molecular formula is C25H33IN4O3. The maximum atomic E-state index is 12.4. The Labute approximate surface area is 213 Å². The molecular weight excluding hydrogens is 531 g/mol. The highest BCUT2D eigenvalue weighted by Gasteiger charge is 2.25. The van der Waals surface area contributed by atoms with Crippen LogP contribution in [0.2, 0.25) is 0 Å². The van der Waals surface area contributed by atoms with Gasteiger partial charge < -0.3 is 20.3 Å². The summed E-state index contributed by atoms with van der Waals surface area (Å²) in [5.41, 5.74) is 2.38. The number of nitrogens with one attached hydrogen (secondary N) is 2. The molecule has 0 aromatic heterocycles. The third-order valence-corrected chi connectivity index (χ3v) is 5.32. The average Bonchev–Trinajstić information content (AvgIpc) is 3.30. The summed E-state index contributed by atoms with van der Waals surface area (Å²) >= 11 is 0. The molecule has 2 aromatic rings. The van der Waals surface area contributed by atoms with Crippen LogP contribution in [0.25, 0.3) is 0 Å².